The van der Waals surface area contributed by atoms with Gasteiger partial charge < -0.3 is 10.2 Å². The van der Waals surface area contributed by atoms with E-state index >= 15 is 0 Å². The molecular weight excluding hydrogens is 557 g/mol. The zero-order valence-corrected chi connectivity index (χ0v) is 24.6. The summed E-state index contributed by atoms with van der Waals surface area (Å²) < 4.78 is 26.8. The third kappa shape index (κ3) is 8.71. The molecule has 39 heavy (non-hydrogen) atoms. The number of carbonyl (C=O) groups excluding carboxylic acids is 2. The summed E-state index contributed by atoms with van der Waals surface area (Å²) in [5, 5.41) is 3.79. The van der Waals surface area contributed by atoms with Crippen molar-refractivity contribution in [3.05, 3.63) is 99.5 Å². The molecule has 0 aliphatic carbocycles. The van der Waals surface area contributed by atoms with Gasteiger partial charge in [0.1, 0.15) is 12.6 Å². The molecule has 0 aliphatic rings. The Bertz CT molecular complexity index is 1380. The molecule has 3 aromatic rings. The number of nitrogens with one attached hydrogen (secondary N) is 1. The zero-order valence-electron chi connectivity index (χ0n) is 22.2. The summed E-state index contributed by atoms with van der Waals surface area (Å²) >= 11 is 12.3. The second-order valence-electron chi connectivity index (χ2n) is 9.35. The largest absolute Gasteiger partial charge is 0.354 e. The number of aryl methyl sites for hydroxylation is 1. The van der Waals surface area contributed by atoms with Gasteiger partial charge in [-0.25, -0.2) is 8.42 Å². The summed E-state index contributed by atoms with van der Waals surface area (Å²) in [7, 11) is -3.87. The van der Waals surface area contributed by atoms with Gasteiger partial charge in [-0.1, -0.05) is 78.7 Å². The summed E-state index contributed by atoms with van der Waals surface area (Å²) in [6.45, 7) is 3.72. The van der Waals surface area contributed by atoms with Gasteiger partial charge in [0.25, 0.3) is 0 Å². The van der Waals surface area contributed by atoms with Gasteiger partial charge in [-0.05, 0) is 54.3 Å². The van der Waals surface area contributed by atoms with Gasteiger partial charge in [0.2, 0.25) is 21.8 Å². The fourth-order valence-corrected chi connectivity index (χ4v) is 5.34. The lowest BCUT2D eigenvalue weighted by molar-refractivity contribution is -0.140. The van der Waals surface area contributed by atoms with E-state index < -0.39 is 28.5 Å². The monoisotopic (exact) mass is 589 g/mol. The molecule has 3 rings (SSSR count). The van der Waals surface area contributed by atoms with Crippen molar-refractivity contribution < 1.29 is 18.0 Å². The maximum atomic E-state index is 14.0. The van der Waals surface area contributed by atoms with Crippen molar-refractivity contribution in [1.82, 2.24) is 10.2 Å². The van der Waals surface area contributed by atoms with Crippen LogP contribution in [0.2, 0.25) is 10.0 Å². The first-order valence-corrected chi connectivity index (χ1v) is 15.2. The first-order valence-electron chi connectivity index (χ1n) is 12.6. The van der Waals surface area contributed by atoms with Gasteiger partial charge in [-0.15, -0.1) is 0 Å². The summed E-state index contributed by atoms with van der Waals surface area (Å²) in [6.07, 6.45) is 2.02. The Morgan fingerprint density at radius 1 is 0.923 bits per heavy atom. The van der Waals surface area contributed by atoms with Crippen LogP contribution in [0, 0.1) is 6.92 Å². The molecule has 1 N–H and O–H groups in total. The molecule has 0 heterocycles. The van der Waals surface area contributed by atoms with Crippen LogP contribution in [0.15, 0.2) is 72.8 Å². The van der Waals surface area contributed by atoms with Gasteiger partial charge >= 0.3 is 0 Å². The molecule has 0 fully saturated rings. The Kier molecular flexibility index (Phi) is 10.8. The highest BCUT2D eigenvalue weighted by Gasteiger charge is 2.33. The van der Waals surface area contributed by atoms with E-state index in [0.29, 0.717) is 27.8 Å². The van der Waals surface area contributed by atoms with E-state index in [-0.39, 0.29) is 18.9 Å². The SMILES string of the molecule is CCCNC(=O)[C@@H](Cc1ccccc1)N(Cc1ccc(Cl)cc1)C(=O)CN(c1cc(Cl)ccc1C)S(C)(=O)=O. The number of benzene rings is 3. The average Bonchev–Trinajstić information content (AvgIpc) is 2.90. The second-order valence-corrected chi connectivity index (χ2v) is 12.1. The molecule has 3 aromatic carbocycles. The number of anilines is 1. The van der Waals surface area contributed by atoms with Crippen LogP contribution in [0.25, 0.3) is 0 Å². The zero-order chi connectivity index (χ0) is 28.6. The van der Waals surface area contributed by atoms with Crippen LogP contribution in [0.4, 0.5) is 5.69 Å². The van der Waals surface area contributed by atoms with Crippen molar-refractivity contribution >= 4 is 50.7 Å². The molecule has 208 valence electrons. The minimum atomic E-state index is -3.87. The van der Waals surface area contributed by atoms with Crippen molar-refractivity contribution in [3.63, 3.8) is 0 Å². The fraction of sp³-hybridized carbons (Fsp3) is 0.310. The molecule has 0 bridgehead atoms. The van der Waals surface area contributed by atoms with Crippen LogP contribution < -0.4 is 9.62 Å². The third-order valence-corrected chi connectivity index (χ3v) is 7.82. The predicted molar refractivity (Wildman–Crippen MR) is 158 cm³/mol. The predicted octanol–water partition coefficient (Wildman–Crippen LogP) is 5.23. The van der Waals surface area contributed by atoms with Crippen molar-refractivity contribution in [2.45, 2.75) is 39.3 Å². The lowest BCUT2D eigenvalue weighted by atomic mass is 10.0. The topological polar surface area (TPSA) is 86.8 Å². The van der Waals surface area contributed by atoms with E-state index in [1.807, 2.05) is 37.3 Å². The standard InChI is InChI=1S/C29H33Cl2N3O4S/c1-4-16-32-29(36)27(17-22-8-6-5-7-9-22)33(19-23-11-14-24(30)15-12-23)28(35)20-34(39(3,37)38)26-18-25(31)13-10-21(26)2/h5-15,18,27H,4,16-17,19-20H2,1-3H3,(H,32,36)/t27-/m1/s1. The average molecular weight is 591 g/mol. The summed E-state index contributed by atoms with van der Waals surface area (Å²) in [4.78, 5) is 28.9. The van der Waals surface area contributed by atoms with Gasteiger partial charge in [-0.2, -0.15) is 0 Å². The molecule has 0 unspecified atom stereocenters. The van der Waals surface area contributed by atoms with E-state index in [2.05, 4.69) is 5.32 Å². The van der Waals surface area contributed by atoms with Gasteiger partial charge in [0.05, 0.1) is 11.9 Å². The summed E-state index contributed by atoms with van der Waals surface area (Å²) in [5.41, 5.74) is 2.57. The van der Waals surface area contributed by atoms with Crippen LogP contribution in [-0.4, -0.2) is 50.5 Å². The summed E-state index contributed by atoms with van der Waals surface area (Å²) in [5.74, 6) is -0.838. The maximum Gasteiger partial charge on any atom is 0.244 e. The number of nitrogens with zero attached hydrogens (tertiary/aromatic N) is 2. The molecule has 0 aromatic heterocycles. The third-order valence-electron chi connectivity index (χ3n) is 6.21. The first kappa shape index (κ1) is 30.5. The van der Waals surface area contributed by atoms with E-state index in [0.717, 1.165) is 28.1 Å². The van der Waals surface area contributed by atoms with Crippen molar-refractivity contribution in [1.29, 1.82) is 0 Å². The van der Waals surface area contributed by atoms with Crippen LogP contribution >= 0.6 is 23.2 Å². The number of sulfonamides is 1. The quantitative estimate of drug-likeness (QED) is 0.313. The molecule has 10 heteroatoms. The highest BCUT2D eigenvalue weighted by Crippen LogP contribution is 2.27. The number of amides is 2. The number of carbonyl (C=O) groups is 2. The number of hydrogen-bond donors (Lipinski definition) is 1. The van der Waals surface area contributed by atoms with Crippen molar-refractivity contribution in [2.75, 3.05) is 23.7 Å². The smallest absolute Gasteiger partial charge is 0.244 e. The Hall–Kier alpha value is -3.07. The molecular formula is C29H33Cl2N3O4S. The highest BCUT2D eigenvalue weighted by atomic mass is 35.5. The number of rotatable bonds is 12. The number of halogens is 2. The molecule has 0 saturated carbocycles. The van der Waals surface area contributed by atoms with Crippen LogP contribution in [0.5, 0.6) is 0 Å². The van der Waals surface area contributed by atoms with E-state index in [4.69, 9.17) is 23.2 Å². The molecule has 2 amide bonds. The molecule has 7 nitrogen and oxygen atoms in total. The number of hydrogen-bond acceptors (Lipinski definition) is 4. The second kappa shape index (κ2) is 13.8. The lowest BCUT2D eigenvalue weighted by Crippen LogP contribution is -2.53. The molecule has 0 spiro atoms. The molecule has 0 saturated heterocycles. The Labute approximate surface area is 240 Å². The Balaban J connectivity index is 2.06. The van der Waals surface area contributed by atoms with Crippen LogP contribution in [-0.2, 0) is 32.6 Å². The first-order chi connectivity index (χ1) is 18.5. The van der Waals surface area contributed by atoms with E-state index in [1.165, 1.54) is 11.0 Å². The lowest BCUT2D eigenvalue weighted by Gasteiger charge is -2.33. The van der Waals surface area contributed by atoms with Crippen molar-refractivity contribution in [2.24, 2.45) is 0 Å². The van der Waals surface area contributed by atoms with E-state index in [9.17, 15) is 18.0 Å². The maximum absolute atomic E-state index is 14.0. The minimum Gasteiger partial charge on any atom is -0.354 e. The minimum absolute atomic E-state index is 0.0825. The fourth-order valence-electron chi connectivity index (χ4n) is 4.15. The van der Waals surface area contributed by atoms with Gasteiger partial charge in [0, 0.05) is 29.6 Å². The summed E-state index contributed by atoms with van der Waals surface area (Å²) in [6, 6.07) is 20.4. The molecule has 1 atom stereocenters. The Morgan fingerprint density at radius 3 is 2.18 bits per heavy atom. The van der Waals surface area contributed by atoms with Crippen LogP contribution in [0.1, 0.15) is 30.0 Å². The molecule has 0 radical (unpaired) electrons. The highest BCUT2D eigenvalue weighted by molar-refractivity contribution is 7.92. The van der Waals surface area contributed by atoms with Crippen LogP contribution in [0.3, 0.4) is 0 Å². The van der Waals surface area contributed by atoms with Gasteiger partial charge in [0.15, 0.2) is 0 Å². The van der Waals surface area contributed by atoms with Gasteiger partial charge in [-0.3, -0.25) is 13.9 Å². The van der Waals surface area contributed by atoms with E-state index in [1.54, 1.807) is 43.3 Å². The van der Waals surface area contributed by atoms with Crippen molar-refractivity contribution in [3.8, 4) is 0 Å². The normalized spacial score (nSPS) is 12.0. The molecule has 0 aliphatic heterocycles. The Morgan fingerprint density at radius 2 is 1.56 bits per heavy atom.